The minimum atomic E-state index is -1.15. The highest BCUT2D eigenvalue weighted by Gasteiger charge is 2.40. The second kappa shape index (κ2) is 7.48. The maximum Gasteiger partial charge on any atom is 0.231 e. The van der Waals surface area contributed by atoms with Crippen molar-refractivity contribution in [1.82, 2.24) is 0 Å². The summed E-state index contributed by atoms with van der Waals surface area (Å²) in [6, 6.07) is 10.9. The Morgan fingerprint density at radius 1 is 0.800 bits per heavy atom. The van der Waals surface area contributed by atoms with Crippen LogP contribution < -0.4 is 18.9 Å². The van der Waals surface area contributed by atoms with Crippen LogP contribution in [0.5, 0.6) is 23.0 Å². The number of carbonyl (C=O) groups is 3. The Labute approximate surface area is 172 Å². The highest BCUT2D eigenvalue weighted by molar-refractivity contribution is 6.21. The van der Waals surface area contributed by atoms with Gasteiger partial charge in [-0.25, -0.2) is 0 Å². The van der Waals surface area contributed by atoms with E-state index in [1.54, 1.807) is 12.1 Å². The van der Waals surface area contributed by atoms with Crippen molar-refractivity contribution >= 4 is 17.3 Å². The molecule has 2 aliphatic heterocycles. The summed E-state index contributed by atoms with van der Waals surface area (Å²) in [4.78, 5) is 38.1. The molecule has 0 spiro atoms. The summed E-state index contributed by atoms with van der Waals surface area (Å²) in [6.07, 6.45) is 0.923. The van der Waals surface area contributed by atoms with Gasteiger partial charge in [0.05, 0.1) is 0 Å². The molecule has 5 rings (SSSR count). The van der Waals surface area contributed by atoms with E-state index in [0.717, 1.165) is 11.1 Å². The summed E-state index contributed by atoms with van der Waals surface area (Å²) in [6.45, 7) is 0.356. The van der Waals surface area contributed by atoms with E-state index >= 15 is 0 Å². The van der Waals surface area contributed by atoms with Gasteiger partial charge in [0.25, 0.3) is 0 Å². The van der Waals surface area contributed by atoms with Crippen molar-refractivity contribution < 1.29 is 33.3 Å². The van der Waals surface area contributed by atoms with Crippen LogP contribution in [0.4, 0.5) is 0 Å². The zero-order valence-electron chi connectivity index (χ0n) is 16.2. The quantitative estimate of drug-likeness (QED) is 0.703. The van der Waals surface area contributed by atoms with Crippen LogP contribution in [0.25, 0.3) is 0 Å². The van der Waals surface area contributed by atoms with E-state index < -0.39 is 5.92 Å². The molecule has 30 heavy (non-hydrogen) atoms. The number of rotatable bonds is 5. The molecule has 2 aromatic carbocycles. The van der Waals surface area contributed by atoms with Gasteiger partial charge in [-0.3, -0.25) is 14.4 Å². The van der Waals surface area contributed by atoms with E-state index in [0.29, 0.717) is 29.4 Å². The maximum absolute atomic E-state index is 12.7. The van der Waals surface area contributed by atoms with Gasteiger partial charge in [0.15, 0.2) is 40.3 Å². The number of aryl methyl sites for hydroxylation is 1. The molecule has 0 aromatic heterocycles. The Morgan fingerprint density at radius 2 is 1.40 bits per heavy atom. The van der Waals surface area contributed by atoms with Gasteiger partial charge in [-0.2, -0.15) is 0 Å². The lowest BCUT2D eigenvalue weighted by atomic mass is 9.74. The molecule has 7 nitrogen and oxygen atoms in total. The highest BCUT2D eigenvalue weighted by atomic mass is 16.7. The van der Waals surface area contributed by atoms with Gasteiger partial charge in [-0.15, -0.1) is 0 Å². The molecule has 2 aromatic rings. The Hall–Kier alpha value is -3.35. The van der Waals surface area contributed by atoms with Gasteiger partial charge in [0.2, 0.25) is 13.6 Å². The fraction of sp³-hybridized carbons (Fsp3) is 0.348. The Morgan fingerprint density at radius 3 is 2.10 bits per heavy atom. The molecule has 1 saturated carbocycles. The number of Topliss-reactive ketones (excluding diaryl/α,β-unsaturated/α-hetero) is 3. The van der Waals surface area contributed by atoms with Gasteiger partial charge < -0.3 is 18.9 Å². The molecule has 0 atom stereocenters. The maximum atomic E-state index is 12.7. The number of fused-ring (bicyclic) bond motifs is 2. The van der Waals surface area contributed by atoms with Crippen LogP contribution in [-0.4, -0.2) is 30.9 Å². The molecule has 1 fully saturated rings. The van der Waals surface area contributed by atoms with Gasteiger partial charge in [0, 0.05) is 19.3 Å². The van der Waals surface area contributed by atoms with Gasteiger partial charge in [0.1, 0.15) is 5.92 Å². The van der Waals surface area contributed by atoms with Gasteiger partial charge in [-0.1, -0.05) is 12.1 Å². The van der Waals surface area contributed by atoms with Crippen molar-refractivity contribution in [2.24, 2.45) is 5.92 Å². The number of ether oxygens (including phenoxy) is 4. The monoisotopic (exact) mass is 408 g/mol. The summed E-state index contributed by atoms with van der Waals surface area (Å²) < 4.78 is 21.3. The molecule has 0 unspecified atom stereocenters. The average molecular weight is 408 g/mol. The van der Waals surface area contributed by atoms with Crippen LogP contribution in [0.3, 0.4) is 0 Å². The SMILES string of the molecule is O=C(CCc1ccc2c(c1)OCO2)C1C(=O)CC(c2ccc3c(c2)OCO3)CC1=O. The first-order chi connectivity index (χ1) is 14.6. The molecule has 3 aliphatic rings. The van der Waals surface area contributed by atoms with Gasteiger partial charge >= 0.3 is 0 Å². The van der Waals surface area contributed by atoms with Crippen LogP contribution >= 0.6 is 0 Å². The van der Waals surface area contributed by atoms with Crippen LogP contribution in [0.2, 0.25) is 0 Å². The Bertz CT molecular complexity index is 1010. The topological polar surface area (TPSA) is 88.1 Å². The van der Waals surface area contributed by atoms with E-state index in [1.165, 1.54) is 0 Å². The Kier molecular flexibility index (Phi) is 4.65. The van der Waals surface area contributed by atoms with Crippen molar-refractivity contribution in [3.63, 3.8) is 0 Å². The van der Waals surface area contributed by atoms with Gasteiger partial charge in [-0.05, 0) is 47.7 Å². The molecule has 0 saturated heterocycles. The predicted molar refractivity (Wildman–Crippen MR) is 104 cm³/mol. The van der Waals surface area contributed by atoms with E-state index in [1.807, 2.05) is 24.3 Å². The molecular weight excluding hydrogens is 388 g/mol. The van der Waals surface area contributed by atoms with Crippen molar-refractivity contribution in [2.75, 3.05) is 13.6 Å². The molecule has 2 heterocycles. The molecule has 1 aliphatic carbocycles. The third-order valence-corrected chi connectivity index (χ3v) is 5.83. The third kappa shape index (κ3) is 3.40. The second-order valence-electron chi connectivity index (χ2n) is 7.74. The molecule has 0 N–H and O–H groups in total. The lowest BCUT2D eigenvalue weighted by molar-refractivity contribution is -0.142. The van der Waals surface area contributed by atoms with Crippen molar-refractivity contribution in [3.05, 3.63) is 47.5 Å². The number of hydrogen-bond acceptors (Lipinski definition) is 7. The first-order valence-corrected chi connectivity index (χ1v) is 9.95. The standard InChI is InChI=1S/C23H20O7/c24-16(4-1-13-2-5-19-21(7-13)29-11-27-19)23-17(25)8-15(9-18(23)26)14-3-6-20-22(10-14)30-12-28-20/h2-3,5-7,10,15,23H,1,4,8-9,11-12H2. The molecule has 0 amide bonds. The van der Waals surface area contributed by atoms with Crippen molar-refractivity contribution in [1.29, 1.82) is 0 Å². The average Bonchev–Trinajstić information content (AvgIpc) is 3.39. The van der Waals surface area contributed by atoms with Crippen molar-refractivity contribution in [3.8, 4) is 23.0 Å². The predicted octanol–water partition coefficient (Wildman–Crippen LogP) is 2.98. The zero-order valence-corrected chi connectivity index (χ0v) is 16.2. The number of hydrogen-bond donors (Lipinski definition) is 0. The number of carbonyl (C=O) groups excluding carboxylic acids is 3. The smallest absolute Gasteiger partial charge is 0.231 e. The Balaban J connectivity index is 1.23. The largest absolute Gasteiger partial charge is 0.454 e. The van der Waals surface area contributed by atoms with Crippen molar-refractivity contribution in [2.45, 2.75) is 31.6 Å². The van der Waals surface area contributed by atoms with E-state index in [2.05, 4.69) is 0 Å². The van der Waals surface area contributed by atoms with E-state index in [-0.39, 0.29) is 56.1 Å². The minimum Gasteiger partial charge on any atom is -0.454 e. The summed E-state index contributed by atoms with van der Waals surface area (Å²) in [5, 5.41) is 0. The first kappa shape index (κ1) is 18.7. The fourth-order valence-corrected chi connectivity index (χ4v) is 4.24. The highest BCUT2D eigenvalue weighted by Crippen LogP contribution is 2.39. The number of ketones is 3. The van der Waals surface area contributed by atoms with E-state index in [9.17, 15) is 14.4 Å². The molecular formula is C23H20O7. The fourth-order valence-electron chi connectivity index (χ4n) is 4.24. The second-order valence-corrected chi connectivity index (χ2v) is 7.74. The van der Waals surface area contributed by atoms with Crippen LogP contribution in [0, 0.1) is 5.92 Å². The summed E-state index contributed by atoms with van der Waals surface area (Å²) in [7, 11) is 0. The molecule has 0 radical (unpaired) electrons. The lowest BCUT2D eigenvalue weighted by Gasteiger charge is -2.26. The third-order valence-electron chi connectivity index (χ3n) is 5.83. The van der Waals surface area contributed by atoms with Crippen LogP contribution in [0.15, 0.2) is 36.4 Å². The summed E-state index contributed by atoms with van der Waals surface area (Å²) >= 11 is 0. The first-order valence-electron chi connectivity index (χ1n) is 9.95. The summed E-state index contributed by atoms with van der Waals surface area (Å²) in [5.74, 6) is 0.300. The number of benzene rings is 2. The van der Waals surface area contributed by atoms with Crippen LogP contribution in [0.1, 0.15) is 36.3 Å². The molecule has 7 heteroatoms. The molecule has 0 bridgehead atoms. The lowest BCUT2D eigenvalue weighted by Crippen LogP contribution is -2.38. The van der Waals surface area contributed by atoms with Crippen LogP contribution in [-0.2, 0) is 20.8 Å². The normalized spacial score (nSPS) is 21.7. The minimum absolute atomic E-state index is 0.135. The molecule has 154 valence electrons. The van der Waals surface area contributed by atoms with E-state index in [4.69, 9.17) is 18.9 Å². The summed E-state index contributed by atoms with van der Waals surface area (Å²) in [5.41, 5.74) is 1.76. The zero-order chi connectivity index (χ0) is 20.7.